The molecule has 1 aromatic carbocycles. The van der Waals surface area contributed by atoms with Gasteiger partial charge in [-0.2, -0.15) is 0 Å². The smallest absolute Gasteiger partial charge is 0.366 e. The second-order valence-corrected chi connectivity index (χ2v) is 3.47. The number of hydrogen-bond acceptors (Lipinski definition) is 2. The predicted molar refractivity (Wildman–Crippen MR) is 58.7 cm³/mol. The fourth-order valence-corrected chi connectivity index (χ4v) is 1.17. The summed E-state index contributed by atoms with van der Waals surface area (Å²) >= 11 is 3.00. The van der Waals surface area contributed by atoms with Crippen LogP contribution < -0.4 is 11.5 Å². The van der Waals surface area contributed by atoms with Crippen LogP contribution in [0.2, 0.25) is 0 Å². The van der Waals surface area contributed by atoms with Gasteiger partial charge in [0.1, 0.15) is 5.82 Å². The number of halogens is 2. The van der Waals surface area contributed by atoms with Gasteiger partial charge in [-0.15, -0.1) is 9.95 Å². The predicted octanol–water partition coefficient (Wildman–Crippen LogP) is 0.706. The molecule has 0 aliphatic heterocycles. The van der Waals surface area contributed by atoms with Gasteiger partial charge in [0.15, 0.2) is 0 Å². The van der Waals surface area contributed by atoms with Crippen molar-refractivity contribution in [3.8, 4) is 0 Å². The Morgan fingerprint density at radius 3 is 2.73 bits per heavy atom. The molecule has 0 atom stereocenters. The van der Waals surface area contributed by atoms with Crippen LogP contribution in [0, 0.1) is 11.0 Å². The van der Waals surface area contributed by atoms with E-state index in [1.54, 1.807) is 0 Å². The van der Waals surface area contributed by atoms with Gasteiger partial charge < -0.3 is 5.21 Å². The van der Waals surface area contributed by atoms with Crippen molar-refractivity contribution in [3.05, 3.63) is 39.3 Å². The zero-order valence-corrected chi connectivity index (χ0v) is 9.11. The summed E-state index contributed by atoms with van der Waals surface area (Å²) in [7, 11) is 0. The molecule has 0 spiro atoms. The summed E-state index contributed by atoms with van der Waals surface area (Å²) in [6, 6.07) is 4.18. The summed E-state index contributed by atoms with van der Waals surface area (Å²) in [5.41, 5.74) is 10.5. The van der Waals surface area contributed by atoms with E-state index in [0.717, 1.165) is 0 Å². The van der Waals surface area contributed by atoms with Crippen molar-refractivity contribution in [2.45, 2.75) is 0 Å². The number of benzene rings is 1. The van der Waals surface area contributed by atoms with Crippen molar-refractivity contribution in [2.24, 2.45) is 16.6 Å². The lowest BCUT2D eigenvalue weighted by Crippen LogP contribution is -2.30. The molecule has 5 nitrogen and oxygen atoms in total. The number of guanidine groups is 1. The van der Waals surface area contributed by atoms with Crippen LogP contribution in [0.25, 0.3) is 0 Å². The van der Waals surface area contributed by atoms with Crippen LogP contribution in [0.15, 0.2) is 27.8 Å². The highest BCUT2D eigenvalue weighted by molar-refractivity contribution is 9.10. The Balaban J connectivity index is 2.91. The van der Waals surface area contributed by atoms with E-state index < -0.39 is 11.8 Å². The molecule has 0 saturated heterocycles. The van der Waals surface area contributed by atoms with E-state index in [1.807, 2.05) is 0 Å². The molecular weight excluding hydrogens is 267 g/mol. The monoisotopic (exact) mass is 274 g/mol. The summed E-state index contributed by atoms with van der Waals surface area (Å²) in [6.45, 7) is 0. The SMILES string of the molecule is NC(N)=[N+]([O-])N=Cc1ccc(F)c(Br)c1. The van der Waals surface area contributed by atoms with E-state index in [9.17, 15) is 9.60 Å². The number of hydrogen-bond donors (Lipinski definition) is 2. The van der Waals surface area contributed by atoms with Gasteiger partial charge in [0.25, 0.3) is 0 Å². The standard InChI is InChI=1S/C8H8BrFN4O/c9-6-3-5(1-2-7(6)10)4-13-14(15)8(11)12/h1-4H,11-12H2. The van der Waals surface area contributed by atoms with E-state index in [-0.39, 0.29) is 9.32 Å². The van der Waals surface area contributed by atoms with Gasteiger partial charge in [-0.05, 0) is 33.6 Å². The van der Waals surface area contributed by atoms with E-state index in [0.29, 0.717) is 5.56 Å². The first-order valence-corrected chi connectivity index (χ1v) is 4.64. The Hall–Kier alpha value is -1.63. The van der Waals surface area contributed by atoms with Gasteiger partial charge in [0.2, 0.25) is 0 Å². The Bertz CT molecular complexity index is 429. The van der Waals surface area contributed by atoms with E-state index in [1.165, 1.54) is 24.4 Å². The number of rotatable bonds is 2. The van der Waals surface area contributed by atoms with Crippen molar-refractivity contribution in [2.75, 3.05) is 0 Å². The van der Waals surface area contributed by atoms with Gasteiger partial charge in [-0.3, -0.25) is 11.5 Å². The van der Waals surface area contributed by atoms with Gasteiger partial charge in [0.05, 0.1) is 10.7 Å². The molecule has 0 amide bonds. The Morgan fingerprint density at radius 1 is 1.53 bits per heavy atom. The molecule has 0 unspecified atom stereocenters. The van der Waals surface area contributed by atoms with E-state index in [4.69, 9.17) is 11.5 Å². The van der Waals surface area contributed by atoms with Crippen LogP contribution in [-0.2, 0) is 0 Å². The molecule has 7 heteroatoms. The fraction of sp³-hybridized carbons (Fsp3) is 0. The molecule has 0 aromatic heterocycles. The lowest BCUT2D eigenvalue weighted by Gasteiger charge is -2.02. The Kier molecular flexibility index (Phi) is 3.62. The number of hydrazone groups is 1. The first-order chi connectivity index (χ1) is 7.00. The summed E-state index contributed by atoms with van der Waals surface area (Å²) in [4.78, 5) is 0.0667. The number of nitrogens with zero attached hydrogens (tertiary/aromatic N) is 2. The van der Waals surface area contributed by atoms with Crippen LogP contribution in [-0.4, -0.2) is 17.0 Å². The van der Waals surface area contributed by atoms with Gasteiger partial charge in [0, 0.05) is 0 Å². The zero-order chi connectivity index (χ0) is 11.4. The molecule has 0 aliphatic rings. The van der Waals surface area contributed by atoms with Crippen molar-refractivity contribution in [1.29, 1.82) is 0 Å². The largest absolute Gasteiger partial charge is 0.722 e. The van der Waals surface area contributed by atoms with E-state index >= 15 is 0 Å². The highest BCUT2D eigenvalue weighted by Gasteiger charge is 1.98. The minimum Gasteiger partial charge on any atom is -0.722 e. The fourth-order valence-electron chi connectivity index (χ4n) is 0.778. The highest BCUT2D eigenvalue weighted by atomic mass is 79.9. The highest BCUT2D eigenvalue weighted by Crippen LogP contribution is 2.15. The zero-order valence-electron chi connectivity index (χ0n) is 7.52. The van der Waals surface area contributed by atoms with Crippen molar-refractivity contribution in [3.63, 3.8) is 0 Å². The average molecular weight is 275 g/mol. The second-order valence-electron chi connectivity index (χ2n) is 2.62. The second kappa shape index (κ2) is 4.74. The molecule has 80 valence electrons. The van der Waals surface area contributed by atoms with Crippen LogP contribution in [0.4, 0.5) is 4.39 Å². The third-order valence-corrected chi connectivity index (χ3v) is 2.08. The molecule has 0 aliphatic carbocycles. The maximum absolute atomic E-state index is 12.8. The van der Waals surface area contributed by atoms with Crippen molar-refractivity contribution in [1.82, 2.24) is 0 Å². The minimum absolute atomic E-state index is 0.0667. The van der Waals surface area contributed by atoms with Crippen LogP contribution in [0.3, 0.4) is 0 Å². The van der Waals surface area contributed by atoms with Gasteiger partial charge in [-0.1, -0.05) is 6.07 Å². The first kappa shape index (κ1) is 11.4. The van der Waals surface area contributed by atoms with Crippen LogP contribution in [0.5, 0.6) is 0 Å². The third-order valence-electron chi connectivity index (χ3n) is 1.48. The van der Waals surface area contributed by atoms with Crippen molar-refractivity contribution < 1.29 is 9.24 Å². The lowest BCUT2D eigenvalue weighted by molar-refractivity contribution is -0.463. The van der Waals surface area contributed by atoms with E-state index in [2.05, 4.69) is 21.0 Å². The van der Waals surface area contributed by atoms with Crippen molar-refractivity contribution >= 4 is 28.1 Å². The summed E-state index contributed by atoms with van der Waals surface area (Å²) in [6.07, 6.45) is 1.22. The minimum atomic E-state index is -0.465. The molecule has 15 heavy (non-hydrogen) atoms. The molecule has 4 N–H and O–H groups in total. The Labute approximate surface area is 93.6 Å². The molecule has 0 fully saturated rings. The molecule has 0 saturated carbocycles. The summed E-state index contributed by atoms with van der Waals surface area (Å²) in [5.74, 6) is -0.858. The maximum atomic E-state index is 12.8. The molecule has 1 aromatic rings. The lowest BCUT2D eigenvalue weighted by atomic mass is 10.2. The number of nitrogens with two attached hydrogens (primary N) is 2. The molecule has 0 bridgehead atoms. The maximum Gasteiger partial charge on any atom is 0.366 e. The summed E-state index contributed by atoms with van der Waals surface area (Å²) in [5, 5.41) is 14.2. The summed E-state index contributed by atoms with van der Waals surface area (Å²) < 4.78 is 13.1. The Morgan fingerprint density at radius 2 is 2.20 bits per heavy atom. The molecule has 1 rings (SSSR count). The molecule has 0 heterocycles. The van der Waals surface area contributed by atoms with Gasteiger partial charge in [-0.25, -0.2) is 4.39 Å². The average Bonchev–Trinajstić information content (AvgIpc) is 2.19. The molecular formula is C8H8BrFN4O. The third kappa shape index (κ3) is 3.21. The normalized spacial score (nSPS) is 10.5. The van der Waals surface area contributed by atoms with Crippen LogP contribution >= 0.6 is 15.9 Å². The quantitative estimate of drug-likeness (QED) is 0.274. The van der Waals surface area contributed by atoms with Crippen LogP contribution in [0.1, 0.15) is 5.56 Å². The van der Waals surface area contributed by atoms with Gasteiger partial charge >= 0.3 is 5.96 Å². The first-order valence-electron chi connectivity index (χ1n) is 3.85. The molecule has 0 radical (unpaired) electrons. The topological polar surface area (TPSA) is 90.5 Å².